The predicted molar refractivity (Wildman–Crippen MR) is 56.8 cm³/mol. The second-order valence-corrected chi connectivity index (χ2v) is 4.25. The molecule has 0 saturated heterocycles. The first-order chi connectivity index (χ1) is 7.18. The molecule has 2 heterocycles. The lowest BCUT2D eigenvalue weighted by Gasteiger charge is -2.30. The van der Waals surface area contributed by atoms with Crippen LogP contribution in [0.5, 0.6) is 0 Å². The van der Waals surface area contributed by atoms with Gasteiger partial charge in [0.1, 0.15) is 5.76 Å². The van der Waals surface area contributed by atoms with Gasteiger partial charge in [-0.05, 0) is 0 Å². The minimum absolute atomic E-state index is 0.638. The highest BCUT2D eigenvalue weighted by atomic mass is 35.5. The molecule has 0 amide bonds. The monoisotopic (exact) mass is 223 g/mol. The van der Waals surface area contributed by atoms with Gasteiger partial charge in [-0.1, -0.05) is 35.9 Å². The maximum Gasteiger partial charge on any atom is 0.242 e. The van der Waals surface area contributed by atoms with E-state index in [-0.39, 0.29) is 0 Å². The first-order valence-electron chi connectivity index (χ1n) is 4.84. The highest BCUT2D eigenvalue weighted by Crippen LogP contribution is 2.40. The van der Waals surface area contributed by atoms with Gasteiger partial charge in [0.25, 0.3) is 0 Å². The summed E-state index contributed by atoms with van der Waals surface area (Å²) in [5.41, 5.74) is 2.40. The molecule has 0 bridgehead atoms. The van der Waals surface area contributed by atoms with Crippen LogP contribution in [0.25, 0.3) is 5.76 Å². The molecule has 1 aromatic carbocycles. The Hall–Kier alpha value is -1.19. The van der Waals surface area contributed by atoms with Crippen molar-refractivity contribution < 1.29 is 9.84 Å². The number of hydrogen-bond acceptors (Lipinski definition) is 3. The Morgan fingerprint density at radius 3 is 3.07 bits per heavy atom. The van der Waals surface area contributed by atoms with E-state index in [1.165, 1.54) is 0 Å². The van der Waals surface area contributed by atoms with Gasteiger partial charge in [-0.25, -0.2) is 0 Å². The van der Waals surface area contributed by atoms with Crippen LogP contribution in [0.2, 0.25) is 0 Å². The molecule has 78 valence electrons. The van der Waals surface area contributed by atoms with Crippen LogP contribution in [-0.4, -0.2) is 11.7 Å². The zero-order chi connectivity index (χ0) is 10.5. The Bertz CT molecular complexity index is 454. The largest absolute Gasteiger partial charge is 0.491 e. The van der Waals surface area contributed by atoms with Crippen molar-refractivity contribution >= 4 is 17.4 Å². The van der Waals surface area contributed by atoms with E-state index in [1.54, 1.807) is 6.07 Å². The molecular formula is C11H10ClNO2. The van der Waals surface area contributed by atoms with E-state index in [9.17, 15) is 5.11 Å². The third-order valence-electron chi connectivity index (χ3n) is 2.72. The van der Waals surface area contributed by atoms with Crippen LogP contribution >= 0.6 is 11.6 Å². The topological polar surface area (TPSA) is 41.5 Å². The van der Waals surface area contributed by atoms with Crippen molar-refractivity contribution in [3.63, 3.8) is 0 Å². The van der Waals surface area contributed by atoms with Crippen molar-refractivity contribution in [3.05, 3.63) is 41.1 Å². The summed E-state index contributed by atoms with van der Waals surface area (Å²) in [6.45, 7) is 0.638. The van der Waals surface area contributed by atoms with Crippen molar-refractivity contribution in [2.24, 2.45) is 0 Å². The van der Waals surface area contributed by atoms with Crippen LogP contribution in [0, 0.1) is 0 Å². The number of alkyl halides is 1. The summed E-state index contributed by atoms with van der Waals surface area (Å²) in [5.74, 6) is 0.816. The standard InChI is InChI=1S/C11H10ClNO2/c12-11(14)8-4-2-1-3-7(8)10-9(13-11)5-6-15-10/h1-4,13-14H,5-6H2. The summed E-state index contributed by atoms with van der Waals surface area (Å²) >= 11 is 6.02. The van der Waals surface area contributed by atoms with Gasteiger partial charge in [0.15, 0.2) is 0 Å². The van der Waals surface area contributed by atoms with Crippen molar-refractivity contribution in [3.8, 4) is 0 Å². The normalized spacial score (nSPS) is 27.9. The maximum atomic E-state index is 10.0. The first kappa shape index (κ1) is 9.07. The van der Waals surface area contributed by atoms with E-state index < -0.39 is 5.18 Å². The smallest absolute Gasteiger partial charge is 0.242 e. The van der Waals surface area contributed by atoms with Gasteiger partial charge in [0, 0.05) is 17.5 Å². The van der Waals surface area contributed by atoms with Crippen LogP contribution in [-0.2, 0) is 9.92 Å². The summed E-state index contributed by atoms with van der Waals surface area (Å²) in [7, 11) is 0. The molecular weight excluding hydrogens is 214 g/mol. The number of ether oxygens (including phenoxy) is 1. The van der Waals surface area contributed by atoms with E-state index >= 15 is 0 Å². The molecule has 3 rings (SSSR count). The number of hydrogen-bond donors (Lipinski definition) is 2. The predicted octanol–water partition coefficient (Wildman–Crippen LogP) is 1.72. The molecule has 4 heteroatoms. The van der Waals surface area contributed by atoms with Gasteiger partial charge in [-0.3, -0.25) is 0 Å². The van der Waals surface area contributed by atoms with Crippen molar-refractivity contribution in [2.75, 3.05) is 6.61 Å². The molecule has 15 heavy (non-hydrogen) atoms. The summed E-state index contributed by atoms with van der Waals surface area (Å²) in [4.78, 5) is 0. The summed E-state index contributed by atoms with van der Waals surface area (Å²) in [5, 5.41) is 11.4. The highest BCUT2D eigenvalue weighted by molar-refractivity contribution is 6.23. The molecule has 1 aromatic rings. The molecule has 0 aromatic heterocycles. The number of rotatable bonds is 0. The molecule has 0 saturated carbocycles. The zero-order valence-electron chi connectivity index (χ0n) is 7.96. The number of benzene rings is 1. The average molecular weight is 224 g/mol. The summed E-state index contributed by atoms with van der Waals surface area (Å²) in [6, 6.07) is 7.45. The van der Waals surface area contributed by atoms with Crippen LogP contribution in [0.15, 0.2) is 30.0 Å². The fraction of sp³-hybridized carbons (Fsp3) is 0.273. The van der Waals surface area contributed by atoms with Gasteiger partial charge in [-0.15, -0.1) is 0 Å². The molecule has 0 spiro atoms. The van der Waals surface area contributed by atoms with E-state index in [1.807, 2.05) is 18.2 Å². The second-order valence-electron chi connectivity index (χ2n) is 3.70. The Kier molecular flexibility index (Phi) is 1.75. The van der Waals surface area contributed by atoms with E-state index in [0.29, 0.717) is 12.2 Å². The zero-order valence-corrected chi connectivity index (χ0v) is 8.71. The van der Waals surface area contributed by atoms with Gasteiger partial charge < -0.3 is 15.2 Å². The van der Waals surface area contributed by atoms with Gasteiger partial charge in [0.05, 0.1) is 12.3 Å². The fourth-order valence-electron chi connectivity index (χ4n) is 2.05. The lowest BCUT2D eigenvalue weighted by Crippen LogP contribution is -2.39. The Balaban J connectivity index is 2.24. The van der Waals surface area contributed by atoms with Crippen LogP contribution < -0.4 is 5.32 Å². The number of fused-ring (bicyclic) bond motifs is 2. The van der Waals surface area contributed by atoms with Gasteiger partial charge in [0.2, 0.25) is 5.18 Å². The van der Waals surface area contributed by atoms with Gasteiger partial charge in [-0.2, -0.15) is 0 Å². The summed E-state index contributed by atoms with van der Waals surface area (Å²) in [6.07, 6.45) is 0.763. The van der Waals surface area contributed by atoms with Crippen molar-refractivity contribution in [2.45, 2.75) is 11.6 Å². The quantitative estimate of drug-likeness (QED) is 0.520. The van der Waals surface area contributed by atoms with Crippen molar-refractivity contribution in [1.82, 2.24) is 5.32 Å². The molecule has 3 nitrogen and oxygen atoms in total. The van der Waals surface area contributed by atoms with Gasteiger partial charge >= 0.3 is 0 Å². The number of aliphatic hydroxyl groups is 1. The van der Waals surface area contributed by atoms with Crippen LogP contribution in [0.4, 0.5) is 0 Å². The molecule has 1 atom stereocenters. The third kappa shape index (κ3) is 1.24. The molecule has 0 aliphatic carbocycles. The molecule has 1 unspecified atom stereocenters. The number of halogens is 1. The molecule has 2 N–H and O–H groups in total. The Morgan fingerprint density at radius 2 is 2.20 bits per heavy atom. The highest BCUT2D eigenvalue weighted by Gasteiger charge is 2.38. The van der Waals surface area contributed by atoms with Crippen molar-refractivity contribution in [1.29, 1.82) is 0 Å². The SMILES string of the molecule is OC1(Cl)NC2=C(OCC2)c2ccccc21. The van der Waals surface area contributed by atoms with Crippen LogP contribution in [0.3, 0.4) is 0 Å². The molecule has 2 aliphatic heterocycles. The minimum Gasteiger partial charge on any atom is -0.491 e. The lowest BCUT2D eigenvalue weighted by atomic mass is 9.99. The van der Waals surface area contributed by atoms with E-state index in [2.05, 4.69) is 5.32 Å². The Morgan fingerprint density at radius 1 is 1.40 bits per heavy atom. The molecule has 2 aliphatic rings. The van der Waals surface area contributed by atoms with E-state index in [0.717, 1.165) is 23.4 Å². The first-order valence-corrected chi connectivity index (χ1v) is 5.21. The van der Waals surface area contributed by atoms with E-state index in [4.69, 9.17) is 16.3 Å². The average Bonchev–Trinajstić information content (AvgIpc) is 2.65. The van der Waals surface area contributed by atoms with Crippen LogP contribution in [0.1, 0.15) is 17.5 Å². The second kappa shape index (κ2) is 2.90. The fourth-order valence-corrected chi connectivity index (χ4v) is 2.33. The molecule has 0 fully saturated rings. The third-order valence-corrected chi connectivity index (χ3v) is 3.02. The number of nitrogens with one attached hydrogen (secondary N) is 1. The molecule has 0 radical (unpaired) electrons. The Labute approximate surface area is 92.3 Å². The lowest BCUT2D eigenvalue weighted by molar-refractivity contribution is 0.0985. The maximum absolute atomic E-state index is 10.0. The minimum atomic E-state index is -1.51. The summed E-state index contributed by atoms with van der Waals surface area (Å²) < 4.78 is 5.52.